The number of methoxy groups -OCH3 is 1. The third-order valence-corrected chi connectivity index (χ3v) is 5.72. The second-order valence-electron chi connectivity index (χ2n) is 7.35. The number of aromatic nitrogens is 1. The molecule has 0 saturated carbocycles. The number of rotatable bonds is 5. The van der Waals surface area contributed by atoms with Crippen molar-refractivity contribution < 1.29 is 14.3 Å². The summed E-state index contributed by atoms with van der Waals surface area (Å²) < 4.78 is 5.06. The van der Waals surface area contributed by atoms with Gasteiger partial charge in [-0.15, -0.1) is 11.8 Å². The third kappa shape index (κ3) is 3.77. The number of ketones is 2. The molecule has 0 N–H and O–H groups in total. The molecule has 1 aliphatic heterocycles. The van der Waals surface area contributed by atoms with E-state index in [0.29, 0.717) is 25.0 Å². The topological polar surface area (TPSA) is 56.3 Å². The molecule has 0 radical (unpaired) electrons. The summed E-state index contributed by atoms with van der Waals surface area (Å²) >= 11 is 1.54. The maximum absolute atomic E-state index is 13.0. The van der Waals surface area contributed by atoms with Crippen LogP contribution in [0.15, 0.2) is 46.0 Å². The number of thioether (sulfide) groups is 1. The highest BCUT2D eigenvalue weighted by Crippen LogP contribution is 2.51. The molecule has 132 valence electrons. The number of hydrogen-bond donors (Lipinski definition) is 0. The SMILES string of the molecule is COCCC(=O)C1=CSC2=C(C(=O)CC(C)(C)C2)C1c1ccncc1. The normalized spacial score (nSPS) is 22.4. The van der Waals surface area contributed by atoms with Gasteiger partial charge >= 0.3 is 0 Å². The predicted molar refractivity (Wildman–Crippen MR) is 99.2 cm³/mol. The standard InChI is InChI=1S/C20H23NO3S/c1-20(2)10-16(23)19-17(11-20)25-12-14(15(22)6-9-24-3)18(19)13-4-7-21-8-5-13/h4-5,7-8,12,18H,6,9-11H2,1-3H3. The number of allylic oxidation sites excluding steroid dienone is 3. The van der Waals surface area contributed by atoms with E-state index in [1.54, 1.807) is 31.3 Å². The Balaban J connectivity index is 2.04. The van der Waals surface area contributed by atoms with Gasteiger partial charge < -0.3 is 4.74 Å². The highest BCUT2D eigenvalue weighted by Gasteiger charge is 2.41. The number of ether oxygens (including phenoxy) is 1. The molecular weight excluding hydrogens is 334 g/mol. The molecule has 1 atom stereocenters. The predicted octanol–water partition coefficient (Wildman–Crippen LogP) is 4.04. The summed E-state index contributed by atoms with van der Waals surface area (Å²) in [5.74, 6) is -0.0849. The zero-order chi connectivity index (χ0) is 18.0. The summed E-state index contributed by atoms with van der Waals surface area (Å²) in [4.78, 5) is 30.9. The number of carbonyl (C=O) groups excluding carboxylic acids is 2. The maximum Gasteiger partial charge on any atom is 0.162 e. The lowest BCUT2D eigenvalue weighted by Gasteiger charge is -2.37. The lowest BCUT2D eigenvalue weighted by Crippen LogP contribution is -2.31. The average Bonchev–Trinajstić information content (AvgIpc) is 2.58. The molecule has 2 heterocycles. The highest BCUT2D eigenvalue weighted by molar-refractivity contribution is 8.06. The highest BCUT2D eigenvalue weighted by atomic mass is 32.2. The number of pyridine rings is 1. The summed E-state index contributed by atoms with van der Waals surface area (Å²) in [5.41, 5.74) is 2.42. The lowest BCUT2D eigenvalue weighted by atomic mass is 9.71. The molecule has 0 amide bonds. The molecule has 0 fully saturated rings. The monoisotopic (exact) mass is 357 g/mol. The van der Waals surface area contributed by atoms with E-state index < -0.39 is 0 Å². The van der Waals surface area contributed by atoms with Crippen molar-refractivity contribution in [3.05, 3.63) is 51.5 Å². The lowest BCUT2D eigenvalue weighted by molar-refractivity contribution is -0.118. The largest absolute Gasteiger partial charge is 0.384 e. The Bertz CT molecular complexity index is 749. The van der Waals surface area contributed by atoms with Gasteiger partial charge in [0.25, 0.3) is 0 Å². The Labute approximate surface area is 152 Å². The first kappa shape index (κ1) is 18.1. The molecule has 0 spiro atoms. The maximum atomic E-state index is 13.0. The van der Waals surface area contributed by atoms with E-state index in [4.69, 9.17) is 4.74 Å². The van der Waals surface area contributed by atoms with Crippen LogP contribution in [0, 0.1) is 5.41 Å². The fourth-order valence-electron chi connectivity index (χ4n) is 3.53. The van der Waals surface area contributed by atoms with E-state index >= 15 is 0 Å². The van der Waals surface area contributed by atoms with Gasteiger partial charge in [-0.2, -0.15) is 0 Å². The van der Waals surface area contributed by atoms with Crippen LogP contribution in [0.3, 0.4) is 0 Å². The molecule has 1 aromatic heterocycles. The summed E-state index contributed by atoms with van der Waals surface area (Å²) in [7, 11) is 1.59. The zero-order valence-electron chi connectivity index (χ0n) is 14.9. The number of carbonyl (C=O) groups is 2. The van der Waals surface area contributed by atoms with Gasteiger partial charge in [-0.1, -0.05) is 13.8 Å². The summed E-state index contributed by atoms with van der Waals surface area (Å²) in [6.07, 6.45) is 5.15. The van der Waals surface area contributed by atoms with Crippen LogP contribution in [0.25, 0.3) is 0 Å². The quantitative estimate of drug-likeness (QED) is 0.796. The third-order valence-electron chi connectivity index (χ3n) is 4.70. The Kier molecular flexibility index (Phi) is 5.25. The smallest absolute Gasteiger partial charge is 0.162 e. The van der Waals surface area contributed by atoms with Gasteiger partial charge in [-0.05, 0) is 39.8 Å². The second-order valence-corrected chi connectivity index (χ2v) is 8.31. The molecule has 3 rings (SSSR count). The van der Waals surface area contributed by atoms with Crippen LogP contribution in [-0.4, -0.2) is 30.3 Å². The van der Waals surface area contributed by atoms with E-state index in [0.717, 1.165) is 22.5 Å². The summed E-state index contributed by atoms with van der Waals surface area (Å²) in [6.45, 7) is 4.64. The first-order valence-corrected chi connectivity index (χ1v) is 9.36. The van der Waals surface area contributed by atoms with Crippen LogP contribution in [0.2, 0.25) is 0 Å². The summed E-state index contributed by atoms with van der Waals surface area (Å²) in [6, 6.07) is 3.80. The fourth-order valence-corrected chi connectivity index (χ4v) is 4.90. The minimum absolute atomic E-state index is 0.0306. The van der Waals surface area contributed by atoms with Gasteiger partial charge in [0.15, 0.2) is 11.6 Å². The molecule has 1 aliphatic carbocycles. The van der Waals surface area contributed by atoms with Gasteiger partial charge in [0.05, 0.1) is 6.61 Å². The van der Waals surface area contributed by atoms with Crippen molar-refractivity contribution in [3.63, 3.8) is 0 Å². The first-order chi connectivity index (χ1) is 11.9. The molecule has 5 heteroatoms. The van der Waals surface area contributed by atoms with Crippen molar-refractivity contribution in [2.45, 2.75) is 39.0 Å². The van der Waals surface area contributed by atoms with Gasteiger partial charge in [-0.25, -0.2) is 0 Å². The van der Waals surface area contributed by atoms with E-state index in [1.165, 1.54) is 0 Å². The van der Waals surface area contributed by atoms with E-state index in [2.05, 4.69) is 18.8 Å². The number of nitrogens with zero attached hydrogens (tertiary/aromatic N) is 1. The molecule has 1 aromatic rings. The molecular formula is C20H23NO3S. The number of hydrogen-bond acceptors (Lipinski definition) is 5. The first-order valence-electron chi connectivity index (χ1n) is 8.48. The molecule has 0 bridgehead atoms. The van der Waals surface area contributed by atoms with Gasteiger partial charge in [-0.3, -0.25) is 14.6 Å². The molecule has 4 nitrogen and oxygen atoms in total. The van der Waals surface area contributed by atoms with Crippen LogP contribution in [0.1, 0.15) is 44.6 Å². The van der Waals surface area contributed by atoms with Crippen LogP contribution in [-0.2, 0) is 14.3 Å². The minimum Gasteiger partial charge on any atom is -0.384 e. The molecule has 0 saturated heterocycles. The van der Waals surface area contributed by atoms with Crippen molar-refractivity contribution in [2.75, 3.05) is 13.7 Å². The van der Waals surface area contributed by atoms with Gasteiger partial charge in [0.2, 0.25) is 0 Å². The van der Waals surface area contributed by atoms with Crippen molar-refractivity contribution in [3.8, 4) is 0 Å². The Hall–Kier alpha value is -1.72. The van der Waals surface area contributed by atoms with E-state index in [-0.39, 0.29) is 22.9 Å². The number of Topliss-reactive ketones (excluding diaryl/α,β-unsaturated/α-hetero) is 2. The molecule has 0 aromatic carbocycles. The molecule has 2 aliphatic rings. The molecule has 25 heavy (non-hydrogen) atoms. The summed E-state index contributed by atoms with van der Waals surface area (Å²) in [5, 5.41) is 1.94. The minimum atomic E-state index is -0.285. The van der Waals surface area contributed by atoms with Gasteiger partial charge in [0.1, 0.15) is 0 Å². The fraction of sp³-hybridized carbons (Fsp3) is 0.450. The van der Waals surface area contributed by atoms with Crippen molar-refractivity contribution in [2.24, 2.45) is 5.41 Å². The average molecular weight is 357 g/mol. The van der Waals surface area contributed by atoms with E-state index in [1.807, 2.05) is 17.5 Å². The Morgan fingerprint density at radius 3 is 2.72 bits per heavy atom. The van der Waals surface area contributed by atoms with Crippen molar-refractivity contribution in [1.82, 2.24) is 4.98 Å². The van der Waals surface area contributed by atoms with Crippen LogP contribution >= 0.6 is 11.8 Å². The van der Waals surface area contributed by atoms with Crippen LogP contribution in [0.5, 0.6) is 0 Å². The molecule has 1 unspecified atom stereocenters. The van der Waals surface area contributed by atoms with Crippen LogP contribution < -0.4 is 0 Å². The van der Waals surface area contributed by atoms with Crippen molar-refractivity contribution >= 4 is 23.3 Å². The Morgan fingerprint density at radius 2 is 2.04 bits per heavy atom. The van der Waals surface area contributed by atoms with Crippen molar-refractivity contribution in [1.29, 1.82) is 0 Å². The van der Waals surface area contributed by atoms with Crippen LogP contribution in [0.4, 0.5) is 0 Å². The van der Waals surface area contributed by atoms with Gasteiger partial charge in [0, 0.05) is 49.4 Å². The van der Waals surface area contributed by atoms with E-state index in [9.17, 15) is 9.59 Å². The Morgan fingerprint density at radius 1 is 1.32 bits per heavy atom. The zero-order valence-corrected chi connectivity index (χ0v) is 15.7. The second kappa shape index (κ2) is 7.26.